The van der Waals surface area contributed by atoms with Crippen LogP contribution in [-0.4, -0.2) is 17.7 Å². The number of benzene rings is 2. The first-order valence-corrected chi connectivity index (χ1v) is 7.28. The molecule has 3 rings (SSSR count). The Kier molecular flexibility index (Phi) is 3.62. The summed E-state index contributed by atoms with van der Waals surface area (Å²) in [6.07, 6.45) is 0. The van der Waals surface area contributed by atoms with E-state index < -0.39 is 6.04 Å². The smallest absolute Gasteiger partial charge is 0.242 e. The maximum atomic E-state index is 11.9. The van der Waals surface area contributed by atoms with Crippen molar-refractivity contribution in [3.8, 4) is 11.5 Å². The molecule has 0 bridgehead atoms. The van der Waals surface area contributed by atoms with Gasteiger partial charge in [-0.1, -0.05) is 24.3 Å². The lowest BCUT2D eigenvalue weighted by Crippen LogP contribution is -2.36. The van der Waals surface area contributed by atoms with Crippen molar-refractivity contribution in [3.63, 3.8) is 0 Å². The lowest BCUT2D eigenvalue weighted by molar-refractivity contribution is -0.116. The van der Waals surface area contributed by atoms with Gasteiger partial charge in [-0.3, -0.25) is 4.79 Å². The molecule has 0 radical (unpaired) electrons. The Morgan fingerprint density at radius 1 is 1.15 bits per heavy atom. The number of hydrogen-bond acceptors (Lipinski definition) is 4. The van der Waals surface area contributed by atoms with Gasteiger partial charge in [0.05, 0.1) is 11.7 Å². The van der Waals surface area contributed by atoms with Gasteiger partial charge >= 0.3 is 0 Å². The Morgan fingerprint density at radius 2 is 1.95 bits per heavy atom. The van der Waals surface area contributed by atoms with Crippen LogP contribution in [0.2, 0.25) is 0 Å². The fourth-order valence-electron chi connectivity index (χ4n) is 1.93. The largest absolute Gasteiger partial charge is 0.455 e. The Morgan fingerprint density at radius 3 is 2.75 bits per heavy atom. The molecule has 2 aromatic carbocycles. The highest BCUT2D eigenvalue weighted by Gasteiger charge is 2.23. The minimum atomic E-state index is -0.503. The molecule has 1 aliphatic rings. The van der Waals surface area contributed by atoms with Crippen LogP contribution in [0, 0.1) is 0 Å². The van der Waals surface area contributed by atoms with E-state index in [0.717, 1.165) is 10.6 Å². The first kappa shape index (κ1) is 13.0. The molecule has 20 heavy (non-hydrogen) atoms. The predicted octanol–water partition coefficient (Wildman–Crippen LogP) is 2.85. The van der Waals surface area contributed by atoms with E-state index in [2.05, 4.69) is 5.32 Å². The topological polar surface area (TPSA) is 64.3 Å². The zero-order valence-electron chi connectivity index (χ0n) is 10.7. The number of thioether (sulfide) groups is 1. The highest BCUT2D eigenvalue weighted by atomic mass is 32.2. The molecule has 1 atom stereocenters. The van der Waals surface area contributed by atoms with E-state index in [-0.39, 0.29) is 5.91 Å². The highest BCUT2D eigenvalue weighted by molar-refractivity contribution is 7.99. The van der Waals surface area contributed by atoms with Gasteiger partial charge in [0.1, 0.15) is 5.75 Å². The average Bonchev–Trinajstić information content (AvgIpc) is 2.61. The second-order valence-electron chi connectivity index (χ2n) is 4.45. The number of amides is 1. The first-order valence-electron chi connectivity index (χ1n) is 6.29. The van der Waals surface area contributed by atoms with Crippen LogP contribution >= 0.6 is 11.8 Å². The molecule has 102 valence electrons. The van der Waals surface area contributed by atoms with Crippen molar-refractivity contribution in [2.45, 2.75) is 10.9 Å². The Hall–Kier alpha value is -1.98. The summed E-state index contributed by atoms with van der Waals surface area (Å²) in [5.74, 6) is 1.74. The maximum Gasteiger partial charge on any atom is 0.242 e. The van der Waals surface area contributed by atoms with Crippen molar-refractivity contribution in [1.29, 1.82) is 0 Å². The molecule has 0 saturated heterocycles. The summed E-state index contributed by atoms with van der Waals surface area (Å²) in [5.41, 5.74) is 6.48. The second-order valence-corrected chi connectivity index (χ2v) is 5.51. The third kappa shape index (κ3) is 2.64. The number of hydrogen-bond donors (Lipinski definition) is 2. The summed E-state index contributed by atoms with van der Waals surface area (Å²) in [5, 5.41) is 2.85. The van der Waals surface area contributed by atoms with Crippen LogP contribution in [0.1, 0.15) is 0 Å². The monoisotopic (exact) mass is 286 g/mol. The van der Waals surface area contributed by atoms with Gasteiger partial charge in [0.25, 0.3) is 0 Å². The van der Waals surface area contributed by atoms with Crippen LogP contribution < -0.4 is 15.8 Å². The van der Waals surface area contributed by atoms with E-state index in [0.29, 0.717) is 17.2 Å². The SMILES string of the molecule is NC1CSc2cccc(Oc3ccccc3)c2NC1=O. The molecule has 1 unspecified atom stereocenters. The number of carbonyl (C=O) groups is 1. The van der Waals surface area contributed by atoms with Crippen molar-refractivity contribution in [2.24, 2.45) is 5.73 Å². The summed E-state index contributed by atoms with van der Waals surface area (Å²) in [6.45, 7) is 0. The van der Waals surface area contributed by atoms with Crippen LogP contribution in [0.4, 0.5) is 5.69 Å². The van der Waals surface area contributed by atoms with Crippen molar-refractivity contribution < 1.29 is 9.53 Å². The second kappa shape index (κ2) is 5.56. The van der Waals surface area contributed by atoms with Crippen LogP contribution in [0.25, 0.3) is 0 Å². The van der Waals surface area contributed by atoms with Gasteiger partial charge in [-0.25, -0.2) is 0 Å². The van der Waals surface area contributed by atoms with E-state index in [1.807, 2.05) is 48.5 Å². The van der Waals surface area contributed by atoms with E-state index in [1.54, 1.807) is 11.8 Å². The van der Waals surface area contributed by atoms with Gasteiger partial charge in [-0.2, -0.15) is 0 Å². The summed E-state index contributed by atoms with van der Waals surface area (Å²) >= 11 is 1.56. The van der Waals surface area contributed by atoms with Gasteiger partial charge in [0.2, 0.25) is 5.91 Å². The number of carbonyl (C=O) groups excluding carboxylic acids is 1. The molecule has 0 aromatic heterocycles. The molecule has 2 aromatic rings. The fourth-order valence-corrected chi connectivity index (χ4v) is 2.91. The quantitative estimate of drug-likeness (QED) is 0.891. The first-order chi connectivity index (χ1) is 9.74. The number of fused-ring (bicyclic) bond motifs is 1. The lowest BCUT2D eigenvalue weighted by atomic mass is 10.2. The summed E-state index contributed by atoms with van der Waals surface area (Å²) < 4.78 is 5.85. The predicted molar refractivity (Wildman–Crippen MR) is 80.3 cm³/mol. The molecule has 0 saturated carbocycles. The van der Waals surface area contributed by atoms with Gasteiger partial charge < -0.3 is 15.8 Å². The number of nitrogens with two attached hydrogens (primary N) is 1. The molecule has 5 heteroatoms. The van der Waals surface area contributed by atoms with E-state index in [4.69, 9.17) is 10.5 Å². The van der Waals surface area contributed by atoms with Crippen molar-refractivity contribution in [3.05, 3.63) is 48.5 Å². The summed E-state index contributed by atoms with van der Waals surface area (Å²) in [4.78, 5) is 12.8. The highest BCUT2D eigenvalue weighted by Crippen LogP contribution is 2.39. The Bertz CT molecular complexity index is 631. The normalized spacial score (nSPS) is 17.9. The molecule has 4 nitrogen and oxygen atoms in total. The summed E-state index contributed by atoms with van der Waals surface area (Å²) in [7, 11) is 0. The minimum Gasteiger partial charge on any atom is -0.455 e. The van der Waals surface area contributed by atoms with Crippen molar-refractivity contribution >= 4 is 23.4 Å². The Balaban J connectivity index is 1.95. The molecule has 3 N–H and O–H groups in total. The number of anilines is 1. The van der Waals surface area contributed by atoms with Crippen LogP contribution in [-0.2, 0) is 4.79 Å². The van der Waals surface area contributed by atoms with Crippen LogP contribution in [0.3, 0.4) is 0 Å². The number of nitrogens with one attached hydrogen (secondary N) is 1. The third-order valence-electron chi connectivity index (χ3n) is 2.96. The molecule has 1 aliphatic heterocycles. The van der Waals surface area contributed by atoms with Gasteiger partial charge in [0.15, 0.2) is 5.75 Å². The lowest BCUT2D eigenvalue weighted by Gasteiger charge is -2.13. The maximum absolute atomic E-state index is 11.9. The third-order valence-corrected chi connectivity index (χ3v) is 4.14. The van der Waals surface area contributed by atoms with Gasteiger partial charge in [-0.15, -0.1) is 11.8 Å². The van der Waals surface area contributed by atoms with E-state index >= 15 is 0 Å². The Labute approximate surface area is 121 Å². The molecule has 0 fully saturated rings. The average molecular weight is 286 g/mol. The molecule has 1 amide bonds. The fraction of sp³-hybridized carbons (Fsp3) is 0.133. The number of para-hydroxylation sites is 2. The molecular formula is C15H14N2O2S. The summed E-state index contributed by atoms with van der Waals surface area (Å²) in [6, 6.07) is 14.7. The molecular weight excluding hydrogens is 272 g/mol. The van der Waals surface area contributed by atoms with Gasteiger partial charge in [0, 0.05) is 10.6 Å². The standard InChI is InChI=1S/C15H14N2O2S/c16-11-9-20-13-8-4-7-12(14(13)17-15(11)18)19-10-5-2-1-3-6-10/h1-8,11H,9,16H2,(H,17,18). The molecule has 0 aliphatic carbocycles. The zero-order valence-corrected chi connectivity index (χ0v) is 11.5. The van der Waals surface area contributed by atoms with Gasteiger partial charge in [-0.05, 0) is 24.3 Å². The minimum absolute atomic E-state index is 0.180. The molecule has 0 spiro atoms. The number of ether oxygens (including phenoxy) is 1. The van der Waals surface area contributed by atoms with E-state index in [9.17, 15) is 4.79 Å². The van der Waals surface area contributed by atoms with Crippen molar-refractivity contribution in [2.75, 3.05) is 11.1 Å². The zero-order chi connectivity index (χ0) is 13.9. The van der Waals surface area contributed by atoms with Crippen LogP contribution in [0.15, 0.2) is 53.4 Å². The van der Waals surface area contributed by atoms with Crippen LogP contribution in [0.5, 0.6) is 11.5 Å². The van der Waals surface area contributed by atoms with Crippen molar-refractivity contribution in [1.82, 2.24) is 0 Å². The molecule has 1 heterocycles. The van der Waals surface area contributed by atoms with E-state index in [1.165, 1.54) is 0 Å². The number of rotatable bonds is 2.